The van der Waals surface area contributed by atoms with E-state index in [4.69, 9.17) is 9.84 Å². The molecule has 1 N–H and O–H groups in total. The summed E-state index contributed by atoms with van der Waals surface area (Å²) in [6, 6.07) is 12.0. The largest absolute Gasteiger partial charge is 0.491 e. The molecule has 3 nitrogen and oxygen atoms in total. The van der Waals surface area contributed by atoms with Crippen LogP contribution in [0.15, 0.2) is 42.5 Å². The van der Waals surface area contributed by atoms with Gasteiger partial charge in [-0.3, -0.25) is 4.90 Å². The number of para-hydroxylation sites is 1. The van der Waals surface area contributed by atoms with Gasteiger partial charge in [0.05, 0.1) is 6.61 Å². The highest BCUT2D eigenvalue weighted by molar-refractivity contribution is 5.33. The van der Waals surface area contributed by atoms with E-state index >= 15 is 0 Å². The molecule has 1 atom stereocenters. The smallest absolute Gasteiger partial charge is 0.129 e. The molecule has 0 aromatic heterocycles. The van der Waals surface area contributed by atoms with Crippen LogP contribution in [0, 0.1) is 17.6 Å². The Balaban J connectivity index is 1.57. The highest BCUT2D eigenvalue weighted by Crippen LogP contribution is 2.26. The van der Waals surface area contributed by atoms with Crippen molar-refractivity contribution in [3.63, 3.8) is 0 Å². The lowest BCUT2D eigenvalue weighted by molar-refractivity contribution is 0.157. The van der Waals surface area contributed by atoms with E-state index in [0.29, 0.717) is 12.3 Å². The third-order valence-corrected chi connectivity index (χ3v) is 5.18. The summed E-state index contributed by atoms with van der Waals surface area (Å²) in [5, 5.41) is 8.98. The topological polar surface area (TPSA) is 32.7 Å². The van der Waals surface area contributed by atoms with E-state index in [2.05, 4.69) is 4.90 Å². The Bertz CT molecular complexity index is 718. The van der Waals surface area contributed by atoms with Crippen LogP contribution in [0.2, 0.25) is 0 Å². The summed E-state index contributed by atoms with van der Waals surface area (Å²) in [4.78, 5) is 2.38. The first-order valence-electron chi connectivity index (χ1n) is 9.64. The number of hydrogen-bond donors (Lipinski definition) is 1. The fourth-order valence-electron chi connectivity index (χ4n) is 3.82. The zero-order chi connectivity index (χ0) is 19.1. The molecule has 1 aliphatic rings. The SMILES string of the molecule is OCCOc1ccccc1CN1CCC[C@@H](CCc2c(F)cccc2F)C1. The number of rotatable bonds is 8. The molecule has 2 aromatic carbocycles. The molecule has 1 saturated heterocycles. The van der Waals surface area contributed by atoms with Crippen molar-refractivity contribution in [1.82, 2.24) is 4.90 Å². The van der Waals surface area contributed by atoms with E-state index in [-0.39, 0.29) is 18.8 Å². The quantitative estimate of drug-likeness (QED) is 0.751. The second kappa shape index (κ2) is 9.81. The fraction of sp³-hybridized carbons (Fsp3) is 0.455. The number of benzene rings is 2. The molecule has 3 rings (SSSR count). The van der Waals surface area contributed by atoms with E-state index in [1.54, 1.807) is 0 Å². The maximum atomic E-state index is 13.8. The summed E-state index contributed by atoms with van der Waals surface area (Å²) in [7, 11) is 0. The zero-order valence-electron chi connectivity index (χ0n) is 15.5. The molecule has 146 valence electrons. The minimum absolute atomic E-state index is 0.00721. The molecule has 0 radical (unpaired) electrons. The van der Waals surface area contributed by atoms with Gasteiger partial charge in [-0.25, -0.2) is 8.78 Å². The Morgan fingerprint density at radius 1 is 1.07 bits per heavy atom. The van der Waals surface area contributed by atoms with Gasteiger partial charge in [-0.1, -0.05) is 24.3 Å². The van der Waals surface area contributed by atoms with Crippen molar-refractivity contribution < 1.29 is 18.6 Å². The summed E-state index contributed by atoms with van der Waals surface area (Å²) < 4.78 is 33.3. The second-order valence-corrected chi connectivity index (χ2v) is 7.16. The van der Waals surface area contributed by atoms with Crippen LogP contribution in [0.5, 0.6) is 5.75 Å². The van der Waals surface area contributed by atoms with Gasteiger partial charge in [0.2, 0.25) is 0 Å². The number of aliphatic hydroxyl groups excluding tert-OH is 1. The lowest BCUT2D eigenvalue weighted by Crippen LogP contribution is -2.35. The van der Waals surface area contributed by atoms with Crippen LogP contribution in [0.3, 0.4) is 0 Å². The van der Waals surface area contributed by atoms with Gasteiger partial charge in [0.15, 0.2) is 0 Å². The van der Waals surface area contributed by atoms with Gasteiger partial charge in [-0.15, -0.1) is 0 Å². The molecular weight excluding hydrogens is 348 g/mol. The monoisotopic (exact) mass is 375 g/mol. The summed E-state index contributed by atoms with van der Waals surface area (Å²) in [6.45, 7) is 3.00. The van der Waals surface area contributed by atoms with Crippen molar-refractivity contribution >= 4 is 0 Å². The molecule has 2 aromatic rings. The third-order valence-electron chi connectivity index (χ3n) is 5.18. The van der Waals surface area contributed by atoms with Crippen molar-refractivity contribution in [2.45, 2.75) is 32.2 Å². The van der Waals surface area contributed by atoms with E-state index in [9.17, 15) is 8.78 Å². The molecule has 0 spiro atoms. The van der Waals surface area contributed by atoms with Crippen LogP contribution >= 0.6 is 0 Å². The van der Waals surface area contributed by atoms with Gasteiger partial charge in [0, 0.05) is 24.2 Å². The van der Waals surface area contributed by atoms with Crippen LogP contribution in [-0.2, 0) is 13.0 Å². The summed E-state index contributed by atoms with van der Waals surface area (Å²) >= 11 is 0. The number of hydrogen-bond acceptors (Lipinski definition) is 3. The molecule has 1 aliphatic heterocycles. The molecule has 27 heavy (non-hydrogen) atoms. The first kappa shape index (κ1) is 19.8. The number of ether oxygens (including phenoxy) is 1. The summed E-state index contributed by atoms with van der Waals surface area (Å²) in [5.41, 5.74) is 1.31. The molecule has 0 amide bonds. The number of aliphatic hydroxyl groups is 1. The first-order chi connectivity index (χ1) is 13.2. The van der Waals surface area contributed by atoms with Crippen LogP contribution in [0.25, 0.3) is 0 Å². The van der Waals surface area contributed by atoms with Crippen molar-refractivity contribution in [3.05, 3.63) is 65.2 Å². The van der Waals surface area contributed by atoms with Crippen molar-refractivity contribution in [2.75, 3.05) is 26.3 Å². The predicted molar refractivity (Wildman–Crippen MR) is 102 cm³/mol. The minimum Gasteiger partial charge on any atom is -0.491 e. The lowest BCUT2D eigenvalue weighted by atomic mass is 9.91. The average Bonchev–Trinajstić information content (AvgIpc) is 2.67. The zero-order valence-corrected chi connectivity index (χ0v) is 15.5. The van der Waals surface area contributed by atoms with Gasteiger partial charge < -0.3 is 9.84 Å². The molecular formula is C22H27F2NO2. The lowest BCUT2D eigenvalue weighted by Gasteiger charge is -2.33. The number of halogens is 2. The van der Waals surface area contributed by atoms with Crippen LogP contribution in [0.1, 0.15) is 30.4 Å². The second-order valence-electron chi connectivity index (χ2n) is 7.16. The molecule has 5 heteroatoms. The van der Waals surface area contributed by atoms with E-state index in [1.807, 2.05) is 24.3 Å². The Morgan fingerprint density at radius 2 is 1.85 bits per heavy atom. The van der Waals surface area contributed by atoms with Gasteiger partial charge >= 0.3 is 0 Å². The Morgan fingerprint density at radius 3 is 2.63 bits per heavy atom. The minimum atomic E-state index is -0.447. The Labute approximate surface area is 159 Å². The third kappa shape index (κ3) is 5.50. The van der Waals surface area contributed by atoms with Gasteiger partial charge in [0.1, 0.15) is 24.0 Å². The molecule has 1 heterocycles. The highest BCUT2D eigenvalue weighted by Gasteiger charge is 2.22. The van der Waals surface area contributed by atoms with Crippen molar-refractivity contribution in [3.8, 4) is 5.75 Å². The van der Waals surface area contributed by atoms with Crippen LogP contribution in [-0.4, -0.2) is 36.3 Å². The van der Waals surface area contributed by atoms with E-state index in [1.165, 1.54) is 18.2 Å². The van der Waals surface area contributed by atoms with Gasteiger partial charge in [0.25, 0.3) is 0 Å². The molecule has 1 fully saturated rings. The number of likely N-dealkylation sites (tertiary alicyclic amines) is 1. The number of nitrogens with zero attached hydrogens (tertiary/aromatic N) is 1. The first-order valence-corrected chi connectivity index (χ1v) is 9.64. The maximum Gasteiger partial charge on any atom is 0.129 e. The van der Waals surface area contributed by atoms with Gasteiger partial charge in [-0.2, -0.15) is 0 Å². The molecule has 0 aliphatic carbocycles. The van der Waals surface area contributed by atoms with E-state index < -0.39 is 11.6 Å². The van der Waals surface area contributed by atoms with Crippen LogP contribution < -0.4 is 4.74 Å². The van der Waals surface area contributed by atoms with Crippen molar-refractivity contribution in [1.29, 1.82) is 0 Å². The normalized spacial score (nSPS) is 17.8. The molecule has 0 saturated carbocycles. The fourth-order valence-corrected chi connectivity index (χ4v) is 3.82. The maximum absolute atomic E-state index is 13.8. The Kier molecular flexibility index (Phi) is 7.18. The highest BCUT2D eigenvalue weighted by atomic mass is 19.1. The van der Waals surface area contributed by atoms with Gasteiger partial charge in [-0.05, 0) is 56.3 Å². The number of piperidine rings is 1. The van der Waals surface area contributed by atoms with E-state index in [0.717, 1.165) is 50.2 Å². The summed E-state index contributed by atoms with van der Waals surface area (Å²) in [6.07, 6.45) is 3.41. The molecule has 0 bridgehead atoms. The van der Waals surface area contributed by atoms with Crippen LogP contribution in [0.4, 0.5) is 8.78 Å². The van der Waals surface area contributed by atoms with Crippen molar-refractivity contribution in [2.24, 2.45) is 5.92 Å². The molecule has 0 unspecified atom stereocenters. The predicted octanol–water partition coefficient (Wildman–Crippen LogP) is 4.18. The average molecular weight is 375 g/mol. The Hall–Kier alpha value is -1.98. The standard InChI is InChI=1S/C22H27F2NO2/c23-20-7-3-8-21(24)19(20)11-10-17-5-4-12-25(15-17)16-18-6-1-2-9-22(18)27-14-13-26/h1-3,6-9,17,26H,4-5,10-16H2/t17-/m0/s1. The summed E-state index contributed by atoms with van der Waals surface area (Å²) in [5.74, 6) is 0.348.